The molecule has 0 atom stereocenters. The minimum Gasteiger partial charge on any atom is -0.426 e. The van der Waals surface area contributed by atoms with Crippen molar-refractivity contribution < 1.29 is 19.0 Å². The monoisotopic (exact) mass is 442 g/mol. The molecule has 2 aromatic carbocycles. The van der Waals surface area contributed by atoms with Crippen LogP contribution in [0.25, 0.3) is 34.0 Å². The zero-order valence-corrected chi connectivity index (χ0v) is 19.2. The Hall–Kier alpha value is -3.77. The van der Waals surface area contributed by atoms with Crippen molar-refractivity contribution >= 4 is 39.7 Å². The Morgan fingerprint density at radius 1 is 0.848 bits per heavy atom. The number of hydrogen-bond acceptors (Lipinski definition) is 4. The highest BCUT2D eigenvalue weighted by atomic mass is 16.9. The average molecular weight is 443 g/mol. The van der Waals surface area contributed by atoms with Crippen LogP contribution in [0.4, 0.5) is 0 Å². The molecule has 1 fully saturated rings. The first-order chi connectivity index (χ1) is 15.9. The molecule has 0 aliphatic carbocycles. The molecule has 0 bridgehead atoms. The van der Waals surface area contributed by atoms with Gasteiger partial charge in [0.2, 0.25) is 0 Å². The molecule has 0 unspecified atom stereocenters. The Morgan fingerprint density at radius 2 is 1.30 bits per heavy atom. The van der Waals surface area contributed by atoms with Crippen LogP contribution in [0.5, 0.6) is 0 Å². The predicted molar refractivity (Wildman–Crippen MR) is 129 cm³/mol. The molecule has 33 heavy (non-hydrogen) atoms. The number of rotatable bonds is 4. The first kappa shape index (κ1) is 21.1. The van der Waals surface area contributed by atoms with Gasteiger partial charge < -0.3 is 23.3 Å². The lowest BCUT2D eigenvalue weighted by Crippen LogP contribution is -2.42. The highest BCUT2D eigenvalue weighted by molar-refractivity contribution is 6.12. The summed E-state index contributed by atoms with van der Waals surface area (Å²) in [7, 11) is 3.96. The van der Waals surface area contributed by atoms with Crippen LogP contribution in [-0.2, 0) is 33.1 Å². The lowest BCUT2D eigenvalue weighted by atomic mass is 10.1. The lowest BCUT2D eigenvalue weighted by Gasteiger charge is -2.35. The van der Waals surface area contributed by atoms with Crippen LogP contribution in [0.3, 0.4) is 0 Å². The number of carbonyl (C=O) groups is 1. The van der Waals surface area contributed by atoms with Crippen LogP contribution in [0.1, 0.15) is 25.0 Å². The summed E-state index contributed by atoms with van der Waals surface area (Å²) in [5.41, 5.74) is 3.93. The van der Waals surface area contributed by atoms with Gasteiger partial charge in [-0.05, 0) is 31.2 Å². The fourth-order valence-corrected chi connectivity index (χ4v) is 4.40. The molecule has 0 saturated carbocycles. The molecular formula is C27H26N2O4. The number of para-hydroxylation sites is 2. The third-order valence-electron chi connectivity index (χ3n) is 5.87. The van der Waals surface area contributed by atoms with Crippen LogP contribution in [0.2, 0.25) is 0 Å². The summed E-state index contributed by atoms with van der Waals surface area (Å²) in [6.45, 7) is 3.90. The third kappa shape index (κ3) is 3.72. The molecule has 4 aromatic rings. The second-order valence-corrected chi connectivity index (χ2v) is 8.27. The van der Waals surface area contributed by atoms with Crippen molar-refractivity contribution in [3.8, 4) is 0 Å². The third-order valence-corrected chi connectivity index (χ3v) is 5.87. The summed E-state index contributed by atoms with van der Waals surface area (Å²) < 4.78 is 21.7. The van der Waals surface area contributed by atoms with Crippen LogP contribution >= 0.6 is 0 Å². The molecule has 3 heterocycles. The number of ketones is 1. The van der Waals surface area contributed by atoms with E-state index in [0.29, 0.717) is 6.61 Å². The van der Waals surface area contributed by atoms with Gasteiger partial charge >= 0.3 is 5.97 Å². The number of aromatic nitrogens is 2. The zero-order valence-electron chi connectivity index (χ0n) is 19.2. The lowest BCUT2D eigenvalue weighted by molar-refractivity contribution is -0.343. The Labute approximate surface area is 192 Å². The van der Waals surface area contributed by atoms with Crippen LogP contribution in [0.15, 0.2) is 72.4 Å². The van der Waals surface area contributed by atoms with E-state index in [1.165, 1.54) is 0 Å². The van der Waals surface area contributed by atoms with E-state index >= 15 is 0 Å². The molecule has 0 amide bonds. The van der Waals surface area contributed by atoms with Gasteiger partial charge in [0.05, 0.1) is 6.61 Å². The molecular weight excluding hydrogens is 416 g/mol. The molecule has 1 aliphatic heterocycles. The Morgan fingerprint density at radius 3 is 1.76 bits per heavy atom. The van der Waals surface area contributed by atoms with E-state index < -0.39 is 5.97 Å². The standard InChI is InChI=1S/C27H26N2O4/c1-5-31-27(2)32-24(14-18-16-28(3)22-12-8-6-10-20(18)22)26(30)25(33-27)15-19-17-29(4)23-13-9-7-11-21(19)23/h6-17H,5H2,1-4H3/b24-14-,25-15-. The van der Waals surface area contributed by atoms with Gasteiger partial charge in [-0.15, -0.1) is 0 Å². The summed E-state index contributed by atoms with van der Waals surface area (Å²) in [5, 5.41) is 2.07. The van der Waals surface area contributed by atoms with Crippen LogP contribution in [-0.4, -0.2) is 27.5 Å². The predicted octanol–water partition coefficient (Wildman–Crippen LogP) is 5.38. The summed E-state index contributed by atoms with van der Waals surface area (Å²) in [5.74, 6) is -1.37. The molecule has 168 valence electrons. The number of ether oxygens (including phenoxy) is 3. The van der Waals surface area contributed by atoms with Gasteiger partial charge in [0.25, 0.3) is 5.78 Å². The highest BCUT2D eigenvalue weighted by Gasteiger charge is 2.41. The highest BCUT2D eigenvalue weighted by Crippen LogP contribution is 2.35. The van der Waals surface area contributed by atoms with E-state index in [-0.39, 0.29) is 17.3 Å². The maximum atomic E-state index is 13.5. The number of carbonyl (C=O) groups excluding carboxylic acids is 1. The smallest absolute Gasteiger partial charge is 0.368 e. The maximum absolute atomic E-state index is 13.5. The van der Waals surface area contributed by atoms with Gasteiger partial charge in [0.1, 0.15) is 0 Å². The quantitative estimate of drug-likeness (QED) is 0.398. The van der Waals surface area contributed by atoms with E-state index in [0.717, 1.165) is 32.9 Å². The van der Waals surface area contributed by atoms with E-state index in [2.05, 4.69) is 0 Å². The van der Waals surface area contributed by atoms with Gasteiger partial charge in [-0.25, -0.2) is 0 Å². The number of aryl methyl sites for hydroxylation is 2. The van der Waals surface area contributed by atoms with E-state index in [1.807, 2.05) is 91.1 Å². The van der Waals surface area contributed by atoms with Gasteiger partial charge in [-0.1, -0.05) is 36.4 Å². The normalized spacial score (nSPS) is 21.2. The fraction of sp³-hybridized carbons (Fsp3) is 0.222. The molecule has 5 rings (SSSR count). The molecule has 6 nitrogen and oxygen atoms in total. The summed E-state index contributed by atoms with van der Waals surface area (Å²) in [6, 6.07) is 16.1. The van der Waals surface area contributed by atoms with E-state index in [4.69, 9.17) is 14.2 Å². The van der Waals surface area contributed by atoms with Crippen molar-refractivity contribution in [1.82, 2.24) is 9.13 Å². The van der Waals surface area contributed by atoms with Crippen molar-refractivity contribution in [1.29, 1.82) is 0 Å². The van der Waals surface area contributed by atoms with Crippen LogP contribution < -0.4 is 0 Å². The van der Waals surface area contributed by atoms with Crippen molar-refractivity contribution in [3.63, 3.8) is 0 Å². The van der Waals surface area contributed by atoms with Crippen molar-refractivity contribution in [2.24, 2.45) is 14.1 Å². The number of fused-ring (bicyclic) bond motifs is 2. The molecule has 0 spiro atoms. The van der Waals surface area contributed by atoms with Crippen molar-refractivity contribution in [2.75, 3.05) is 6.61 Å². The second-order valence-electron chi connectivity index (χ2n) is 8.27. The first-order valence-corrected chi connectivity index (χ1v) is 11.0. The van der Waals surface area contributed by atoms with E-state index in [1.54, 1.807) is 19.1 Å². The molecule has 1 saturated heterocycles. The van der Waals surface area contributed by atoms with Gasteiger partial charge in [0.15, 0.2) is 11.5 Å². The SMILES string of the molecule is CCOC1(C)O/C(=C\c2cn(C)c3ccccc23)C(=O)/C(=C/c2cn(C)c3ccccc23)O1. The zero-order chi connectivity index (χ0) is 23.2. The fourth-order valence-electron chi connectivity index (χ4n) is 4.40. The number of hydrogen-bond donors (Lipinski definition) is 0. The summed E-state index contributed by atoms with van der Waals surface area (Å²) in [6.07, 6.45) is 7.49. The first-order valence-electron chi connectivity index (χ1n) is 11.0. The van der Waals surface area contributed by atoms with Crippen molar-refractivity contribution in [3.05, 3.63) is 83.6 Å². The molecule has 1 aliphatic rings. The summed E-state index contributed by atoms with van der Waals surface area (Å²) in [4.78, 5) is 13.5. The van der Waals surface area contributed by atoms with Gasteiger partial charge in [-0.3, -0.25) is 4.79 Å². The van der Waals surface area contributed by atoms with Gasteiger partial charge in [-0.2, -0.15) is 0 Å². The summed E-state index contributed by atoms with van der Waals surface area (Å²) >= 11 is 0. The largest absolute Gasteiger partial charge is 0.426 e. The maximum Gasteiger partial charge on any atom is 0.368 e. The average Bonchev–Trinajstić information content (AvgIpc) is 3.29. The minimum absolute atomic E-state index is 0.181. The molecule has 0 N–H and O–H groups in total. The topological polar surface area (TPSA) is 54.6 Å². The molecule has 6 heteroatoms. The Kier molecular flexibility index (Phi) is 5.10. The number of nitrogens with zero attached hydrogens (tertiary/aromatic N) is 2. The number of benzene rings is 2. The second kappa shape index (κ2) is 7.98. The Bertz CT molecular complexity index is 1340. The van der Waals surface area contributed by atoms with Crippen LogP contribution in [0, 0.1) is 0 Å². The molecule has 2 aromatic heterocycles. The van der Waals surface area contributed by atoms with Gasteiger partial charge in [0, 0.05) is 66.3 Å². The number of Topliss-reactive ketones (excluding diaryl/α,β-unsaturated/α-hetero) is 1. The van der Waals surface area contributed by atoms with E-state index in [9.17, 15) is 4.79 Å². The minimum atomic E-state index is -1.41. The molecule has 0 radical (unpaired) electrons. The Balaban J connectivity index is 1.62. The van der Waals surface area contributed by atoms with Crippen molar-refractivity contribution in [2.45, 2.75) is 19.8 Å².